The normalized spacial score (nSPS) is 10.8. The van der Waals surface area contributed by atoms with Gasteiger partial charge in [0.25, 0.3) is 0 Å². The molecule has 0 aromatic heterocycles. The van der Waals surface area contributed by atoms with E-state index in [4.69, 9.17) is 0 Å². The van der Waals surface area contributed by atoms with Crippen LogP contribution >= 0.6 is 0 Å². The minimum atomic E-state index is -0.389. The van der Waals surface area contributed by atoms with Gasteiger partial charge >= 0.3 is 0 Å². The Balaban J connectivity index is 2.27. The van der Waals surface area contributed by atoms with Crippen molar-refractivity contribution in [1.29, 1.82) is 0 Å². The highest BCUT2D eigenvalue weighted by Gasteiger charge is 2.08. The first kappa shape index (κ1) is 17.3. The largest absolute Gasteiger partial charge is 0.313 e. The van der Waals surface area contributed by atoms with Crippen molar-refractivity contribution in [2.24, 2.45) is 10.2 Å². The molecule has 0 spiro atoms. The third-order valence-electron chi connectivity index (χ3n) is 3.12. The van der Waals surface area contributed by atoms with Gasteiger partial charge in [0.15, 0.2) is 0 Å². The molecule has 0 saturated carbocycles. The molecule has 0 atom stereocenters. The van der Waals surface area contributed by atoms with Crippen LogP contribution in [0.5, 0.6) is 0 Å². The summed E-state index contributed by atoms with van der Waals surface area (Å²) in [6.45, 7) is 3.00. The van der Waals surface area contributed by atoms with Crippen LogP contribution in [0.25, 0.3) is 0 Å². The molecule has 0 saturated heterocycles. The molecule has 1 amide bonds. The Labute approximate surface area is 141 Å². The predicted molar refractivity (Wildman–Crippen MR) is 95.1 cm³/mol. The van der Waals surface area contributed by atoms with Crippen molar-refractivity contribution in [3.05, 3.63) is 71.8 Å². The van der Waals surface area contributed by atoms with Crippen molar-refractivity contribution in [2.45, 2.75) is 20.3 Å². The first-order chi connectivity index (χ1) is 11.6. The van der Waals surface area contributed by atoms with Gasteiger partial charge < -0.3 is 5.32 Å². The van der Waals surface area contributed by atoms with Crippen LogP contribution in [0, 0.1) is 0 Å². The van der Waals surface area contributed by atoms with E-state index in [2.05, 4.69) is 15.5 Å². The molecule has 0 unspecified atom stereocenters. The van der Waals surface area contributed by atoms with E-state index < -0.39 is 0 Å². The zero-order chi connectivity index (χ0) is 17.4. The van der Waals surface area contributed by atoms with Gasteiger partial charge in [-0.1, -0.05) is 60.7 Å². The highest BCUT2D eigenvalue weighted by molar-refractivity contribution is 6.13. The number of benzene rings is 2. The first-order valence-corrected chi connectivity index (χ1v) is 7.58. The molecule has 0 heterocycles. The molecule has 0 fully saturated rings. The lowest BCUT2D eigenvalue weighted by Crippen LogP contribution is -2.29. The number of carbonyl (C=O) groups is 2. The van der Waals surface area contributed by atoms with Crippen LogP contribution < -0.4 is 5.32 Å². The van der Waals surface area contributed by atoms with Crippen molar-refractivity contribution in [2.75, 3.05) is 0 Å². The zero-order valence-corrected chi connectivity index (χ0v) is 13.7. The fourth-order valence-electron chi connectivity index (χ4n) is 2.10. The molecular formula is C19H19N3O2. The highest BCUT2D eigenvalue weighted by atomic mass is 16.2. The molecule has 0 radical (unpaired) electrons. The summed E-state index contributed by atoms with van der Waals surface area (Å²) in [5.41, 5.74) is 2.56. The van der Waals surface area contributed by atoms with Gasteiger partial charge in [-0.15, -0.1) is 10.2 Å². The van der Waals surface area contributed by atoms with Crippen LogP contribution in [0.3, 0.4) is 0 Å². The first-order valence-electron chi connectivity index (χ1n) is 7.58. The number of Topliss-reactive ketones (excluding diaryl/α,β-unsaturated/α-hetero) is 1. The molecule has 0 bridgehead atoms. The standard InChI is InChI=1S/C19H19N3O2/c1-14(23)13-18(24)20-15(2)21-22-19(16-9-5-3-6-10-16)17-11-7-4-8-12-17/h3-12H,13H2,1-2H3,(H,20,21,24). The molecule has 0 aliphatic heterocycles. The van der Waals surface area contributed by atoms with E-state index in [9.17, 15) is 9.59 Å². The summed E-state index contributed by atoms with van der Waals surface area (Å²) in [6.07, 6.45) is -0.166. The van der Waals surface area contributed by atoms with Gasteiger partial charge in [-0.2, -0.15) is 0 Å². The van der Waals surface area contributed by atoms with Crippen molar-refractivity contribution < 1.29 is 9.59 Å². The minimum absolute atomic E-state index is 0.166. The van der Waals surface area contributed by atoms with E-state index in [0.717, 1.165) is 11.1 Å². The van der Waals surface area contributed by atoms with Gasteiger partial charge in [-0.25, -0.2) is 0 Å². The topological polar surface area (TPSA) is 70.9 Å². The fourth-order valence-corrected chi connectivity index (χ4v) is 2.10. The average molecular weight is 321 g/mol. The second-order valence-electron chi connectivity index (χ2n) is 5.29. The van der Waals surface area contributed by atoms with E-state index in [1.54, 1.807) is 6.92 Å². The second-order valence-corrected chi connectivity index (χ2v) is 5.29. The molecular weight excluding hydrogens is 302 g/mol. The molecule has 2 aromatic carbocycles. The predicted octanol–water partition coefficient (Wildman–Crippen LogP) is 2.95. The number of ketones is 1. The van der Waals surface area contributed by atoms with Crippen molar-refractivity contribution in [3.8, 4) is 0 Å². The van der Waals surface area contributed by atoms with E-state index in [1.807, 2.05) is 60.7 Å². The lowest BCUT2D eigenvalue weighted by atomic mass is 10.0. The van der Waals surface area contributed by atoms with Gasteiger partial charge in [0, 0.05) is 11.1 Å². The number of carbonyl (C=O) groups excluding carboxylic acids is 2. The Kier molecular flexibility index (Phi) is 6.14. The highest BCUT2D eigenvalue weighted by Crippen LogP contribution is 2.11. The average Bonchev–Trinajstić information content (AvgIpc) is 2.56. The Bertz CT molecular complexity index is 724. The molecule has 5 heteroatoms. The maximum absolute atomic E-state index is 11.6. The van der Waals surface area contributed by atoms with E-state index in [0.29, 0.717) is 11.5 Å². The summed E-state index contributed by atoms with van der Waals surface area (Å²) in [7, 11) is 0. The van der Waals surface area contributed by atoms with E-state index >= 15 is 0 Å². The number of nitrogens with one attached hydrogen (secondary N) is 1. The van der Waals surface area contributed by atoms with Gasteiger partial charge in [0.1, 0.15) is 17.3 Å². The number of nitrogens with zero attached hydrogens (tertiary/aromatic N) is 2. The summed E-state index contributed by atoms with van der Waals surface area (Å²) in [4.78, 5) is 22.5. The third kappa shape index (κ3) is 5.28. The number of amides is 1. The van der Waals surface area contributed by atoms with Gasteiger partial charge in [0.2, 0.25) is 5.91 Å². The summed E-state index contributed by atoms with van der Waals surface area (Å²) >= 11 is 0. The Morgan fingerprint density at radius 3 is 1.79 bits per heavy atom. The monoisotopic (exact) mass is 321 g/mol. The summed E-state index contributed by atoms with van der Waals surface area (Å²) in [5.74, 6) is -0.247. The number of hydrogen-bond donors (Lipinski definition) is 1. The van der Waals surface area contributed by atoms with Crippen LogP contribution in [0.1, 0.15) is 31.4 Å². The summed E-state index contributed by atoms with van der Waals surface area (Å²) in [6, 6.07) is 19.4. The third-order valence-corrected chi connectivity index (χ3v) is 3.12. The van der Waals surface area contributed by atoms with Gasteiger partial charge in [-0.3, -0.25) is 9.59 Å². The lowest BCUT2D eigenvalue weighted by Gasteiger charge is -2.06. The Morgan fingerprint density at radius 1 is 0.833 bits per heavy atom. The van der Waals surface area contributed by atoms with Crippen LogP contribution in [0.15, 0.2) is 70.9 Å². The van der Waals surface area contributed by atoms with Crippen LogP contribution in [-0.2, 0) is 9.59 Å². The van der Waals surface area contributed by atoms with Crippen LogP contribution in [-0.4, -0.2) is 23.2 Å². The molecule has 2 rings (SSSR count). The maximum atomic E-state index is 11.6. The Morgan fingerprint density at radius 2 is 1.33 bits per heavy atom. The van der Waals surface area contributed by atoms with Gasteiger partial charge in [-0.05, 0) is 13.8 Å². The molecule has 122 valence electrons. The second kappa shape index (κ2) is 8.53. The van der Waals surface area contributed by atoms with Crippen molar-refractivity contribution in [3.63, 3.8) is 0 Å². The van der Waals surface area contributed by atoms with Crippen LogP contribution in [0.4, 0.5) is 0 Å². The summed E-state index contributed by atoms with van der Waals surface area (Å²) in [5, 5.41) is 10.9. The smallest absolute Gasteiger partial charge is 0.232 e. The molecule has 24 heavy (non-hydrogen) atoms. The van der Waals surface area contributed by atoms with Gasteiger partial charge in [0.05, 0.1) is 6.42 Å². The zero-order valence-electron chi connectivity index (χ0n) is 13.7. The number of hydrogen-bond acceptors (Lipinski definition) is 4. The molecule has 0 aliphatic rings. The van der Waals surface area contributed by atoms with E-state index in [-0.39, 0.29) is 18.1 Å². The van der Waals surface area contributed by atoms with E-state index in [1.165, 1.54) is 6.92 Å². The molecule has 5 nitrogen and oxygen atoms in total. The minimum Gasteiger partial charge on any atom is -0.313 e. The number of amidine groups is 1. The molecule has 1 N–H and O–H groups in total. The maximum Gasteiger partial charge on any atom is 0.232 e. The van der Waals surface area contributed by atoms with Crippen LogP contribution in [0.2, 0.25) is 0 Å². The molecule has 0 aliphatic carbocycles. The SMILES string of the molecule is CC(=O)CC(=O)N/C(C)=N/N=C(c1ccccc1)c1ccccc1. The lowest BCUT2D eigenvalue weighted by molar-refractivity contribution is -0.126. The Hall–Kier alpha value is -3.08. The van der Waals surface area contributed by atoms with Crippen molar-refractivity contribution in [1.82, 2.24) is 5.32 Å². The number of rotatable bonds is 5. The quantitative estimate of drug-likeness (QED) is 0.398. The molecule has 2 aromatic rings. The summed E-state index contributed by atoms with van der Waals surface area (Å²) < 4.78 is 0. The van der Waals surface area contributed by atoms with Crippen molar-refractivity contribution >= 4 is 23.2 Å². The fraction of sp³-hybridized carbons (Fsp3) is 0.158.